The van der Waals surface area contributed by atoms with Crippen molar-refractivity contribution in [3.05, 3.63) is 45.9 Å². The second-order valence-electron chi connectivity index (χ2n) is 6.08. The molecule has 0 fully saturated rings. The molecule has 0 saturated carbocycles. The highest BCUT2D eigenvalue weighted by Gasteiger charge is 2.35. The SMILES string of the molecule is COc1cc(C(=O)N[C@@H](NC(=S)Nc2ccc(Cl)cc2Cl)C(Cl)(Cl)Cl)cc(OC)c1OC. The summed E-state index contributed by atoms with van der Waals surface area (Å²) in [6.07, 6.45) is -1.22. The van der Waals surface area contributed by atoms with Gasteiger partial charge in [0, 0.05) is 10.6 Å². The molecule has 0 aliphatic rings. The number of anilines is 1. The maximum atomic E-state index is 12.9. The average Bonchev–Trinajstić information content (AvgIpc) is 2.73. The Morgan fingerprint density at radius 2 is 1.56 bits per heavy atom. The third kappa shape index (κ3) is 6.97. The van der Waals surface area contributed by atoms with Gasteiger partial charge in [0.15, 0.2) is 16.6 Å². The zero-order valence-electron chi connectivity index (χ0n) is 16.9. The Morgan fingerprint density at radius 1 is 0.969 bits per heavy atom. The number of rotatable bonds is 7. The summed E-state index contributed by atoms with van der Waals surface area (Å²) in [6.45, 7) is 0. The summed E-state index contributed by atoms with van der Waals surface area (Å²) in [5.41, 5.74) is 0.632. The molecule has 0 spiro atoms. The molecule has 2 aromatic rings. The minimum atomic E-state index is -1.97. The van der Waals surface area contributed by atoms with Crippen molar-refractivity contribution in [2.24, 2.45) is 0 Å². The van der Waals surface area contributed by atoms with Gasteiger partial charge in [-0.15, -0.1) is 0 Å². The predicted octanol–water partition coefficient (Wildman–Crippen LogP) is 5.43. The Kier molecular flexibility index (Phi) is 9.63. The molecule has 0 aromatic heterocycles. The number of methoxy groups -OCH3 is 3. The van der Waals surface area contributed by atoms with Crippen molar-refractivity contribution in [2.75, 3.05) is 26.6 Å². The zero-order chi connectivity index (χ0) is 24.1. The number of carbonyl (C=O) groups excluding carboxylic acids is 1. The number of hydrogen-bond acceptors (Lipinski definition) is 5. The first-order valence-corrected chi connectivity index (χ1v) is 11.0. The van der Waals surface area contributed by atoms with Gasteiger partial charge in [-0.25, -0.2) is 0 Å². The van der Waals surface area contributed by atoms with E-state index < -0.39 is 15.9 Å². The second-order valence-corrected chi connectivity index (χ2v) is 9.71. The highest BCUT2D eigenvalue weighted by molar-refractivity contribution is 7.80. The lowest BCUT2D eigenvalue weighted by Gasteiger charge is -2.28. The smallest absolute Gasteiger partial charge is 0.253 e. The molecule has 1 atom stereocenters. The van der Waals surface area contributed by atoms with E-state index in [1.54, 1.807) is 12.1 Å². The van der Waals surface area contributed by atoms with Crippen molar-refractivity contribution in [2.45, 2.75) is 9.96 Å². The Morgan fingerprint density at radius 3 is 2.03 bits per heavy atom. The summed E-state index contributed by atoms with van der Waals surface area (Å²) in [5, 5.41) is 8.99. The number of benzene rings is 2. The lowest BCUT2D eigenvalue weighted by molar-refractivity contribution is 0.0933. The molecule has 0 saturated heterocycles. The van der Waals surface area contributed by atoms with Crippen molar-refractivity contribution >= 4 is 86.9 Å². The van der Waals surface area contributed by atoms with Gasteiger partial charge in [-0.2, -0.15) is 0 Å². The van der Waals surface area contributed by atoms with Crippen LogP contribution in [0, 0.1) is 0 Å². The van der Waals surface area contributed by atoms with Gasteiger partial charge >= 0.3 is 0 Å². The van der Waals surface area contributed by atoms with Crippen LogP contribution in [-0.2, 0) is 0 Å². The van der Waals surface area contributed by atoms with Crippen molar-refractivity contribution < 1.29 is 19.0 Å². The average molecular weight is 562 g/mol. The lowest BCUT2D eigenvalue weighted by Crippen LogP contribution is -2.56. The fourth-order valence-corrected chi connectivity index (χ4v) is 3.52. The summed E-state index contributed by atoms with van der Waals surface area (Å²) < 4.78 is 13.8. The molecule has 0 radical (unpaired) electrons. The molecule has 0 unspecified atom stereocenters. The van der Waals surface area contributed by atoms with Crippen LogP contribution in [0.1, 0.15) is 10.4 Å². The van der Waals surface area contributed by atoms with E-state index >= 15 is 0 Å². The number of nitrogens with one attached hydrogen (secondary N) is 3. The molecule has 0 heterocycles. The third-order valence-corrected chi connectivity index (χ3v) is 5.41. The van der Waals surface area contributed by atoms with Crippen LogP contribution < -0.4 is 30.2 Å². The van der Waals surface area contributed by atoms with Gasteiger partial charge in [-0.05, 0) is 42.5 Å². The standard InChI is InChI=1S/C19H18Cl5N3O4S/c1-29-13-6-9(7-14(30-2)15(13)31-3)16(28)26-17(19(22,23)24)27-18(32)25-12-5-4-10(20)8-11(12)21/h4-8,17H,1-3H3,(H,26,28)(H2,25,27,32)/t17-/m0/s1. The van der Waals surface area contributed by atoms with Gasteiger partial charge in [0.25, 0.3) is 5.91 Å². The number of thiocarbonyl (C=S) groups is 1. The van der Waals surface area contributed by atoms with E-state index in [0.717, 1.165) is 0 Å². The van der Waals surface area contributed by atoms with E-state index in [1.165, 1.54) is 39.5 Å². The number of hydrogen-bond donors (Lipinski definition) is 3. The highest BCUT2D eigenvalue weighted by Crippen LogP contribution is 2.38. The Labute approximate surface area is 215 Å². The first-order chi connectivity index (χ1) is 15.0. The molecular formula is C19H18Cl5N3O4S. The number of halogens is 5. The summed E-state index contributed by atoms with van der Waals surface area (Å²) in [6, 6.07) is 7.69. The fraction of sp³-hybridized carbons (Fsp3) is 0.263. The molecule has 2 rings (SSSR count). The van der Waals surface area contributed by atoms with Crippen LogP contribution in [0.25, 0.3) is 0 Å². The third-order valence-electron chi connectivity index (χ3n) is 3.98. The van der Waals surface area contributed by atoms with Crippen LogP contribution in [0.3, 0.4) is 0 Å². The van der Waals surface area contributed by atoms with E-state index in [1.807, 2.05) is 0 Å². The number of carbonyl (C=O) groups is 1. The lowest BCUT2D eigenvalue weighted by atomic mass is 10.1. The van der Waals surface area contributed by atoms with E-state index in [0.29, 0.717) is 21.5 Å². The van der Waals surface area contributed by atoms with Gasteiger partial charge in [0.1, 0.15) is 6.17 Å². The second kappa shape index (κ2) is 11.5. The number of amides is 1. The highest BCUT2D eigenvalue weighted by atomic mass is 35.6. The number of ether oxygens (including phenoxy) is 3. The zero-order valence-corrected chi connectivity index (χ0v) is 21.5. The van der Waals surface area contributed by atoms with E-state index in [-0.39, 0.29) is 22.2 Å². The van der Waals surface area contributed by atoms with Gasteiger partial charge in [-0.1, -0.05) is 58.0 Å². The molecule has 13 heteroatoms. The molecule has 1 amide bonds. The normalized spacial score (nSPS) is 11.9. The monoisotopic (exact) mass is 559 g/mol. The van der Waals surface area contributed by atoms with Crippen LogP contribution in [-0.4, -0.2) is 42.3 Å². The van der Waals surface area contributed by atoms with Crippen LogP contribution >= 0.6 is 70.2 Å². The molecule has 0 aliphatic carbocycles. The number of alkyl halides is 3. The van der Waals surface area contributed by atoms with Crippen LogP contribution in [0.15, 0.2) is 30.3 Å². The maximum absolute atomic E-state index is 12.9. The summed E-state index contributed by atoms with van der Waals surface area (Å²) in [4.78, 5) is 12.9. The first kappa shape index (κ1) is 26.7. The minimum Gasteiger partial charge on any atom is -0.493 e. The van der Waals surface area contributed by atoms with E-state index in [4.69, 9.17) is 84.4 Å². The maximum Gasteiger partial charge on any atom is 0.253 e. The Balaban J connectivity index is 2.22. The van der Waals surface area contributed by atoms with Crippen molar-refractivity contribution in [3.8, 4) is 17.2 Å². The van der Waals surface area contributed by atoms with Crippen LogP contribution in [0.4, 0.5) is 5.69 Å². The molecule has 174 valence electrons. The quantitative estimate of drug-likeness (QED) is 0.236. The Bertz CT molecular complexity index is 978. The molecule has 7 nitrogen and oxygen atoms in total. The van der Waals surface area contributed by atoms with Gasteiger partial charge in [0.2, 0.25) is 9.54 Å². The van der Waals surface area contributed by atoms with Crippen molar-refractivity contribution in [3.63, 3.8) is 0 Å². The van der Waals surface area contributed by atoms with Crippen molar-refractivity contribution in [1.82, 2.24) is 10.6 Å². The molecule has 32 heavy (non-hydrogen) atoms. The predicted molar refractivity (Wildman–Crippen MR) is 133 cm³/mol. The van der Waals surface area contributed by atoms with E-state index in [2.05, 4.69) is 16.0 Å². The van der Waals surface area contributed by atoms with E-state index in [9.17, 15) is 4.79 Å². The van der Waals surface area contributed by atoms with Crippen LogP contribution in [0.5, 0.6) is 17.2 Å². The molecule has 2 aromatic carbocycles. The van der Waals surface area contributed by atoms with Gasteiger partial charge in [0.05, 0.1) is 32.0 Å². The summed E-state index contributed by atoms with van der Waals surface area (Å²) in [5.74, 6) is 0.295. The van der Waals surface area contributed by atoms with Crippen molar-refractivity contribution in [1.29, 1.82) is 0 Å². The minimum absolute atomic E-state index is 0.0377. The summed E-state index contributed by atoms with van der Waals surface area (Å²) >= 11 is 35.4. The fourth-order valence-electron chi connectivity index (χ4n) is 2.51. The molecular weight excluding hydrogens is 544 g/mol. The first-order valence-electron chi connectivity index (χ1n) is 8.70. The Hall–Kier alpha value is -1.55. The molecule has 0 aliphatic heterocycles. The van der Waals surface area contributed by atoms with Crippen LogP contribution in [0.2, 0.25) is 10.0 Å². The summed E-state index contributed by atoms with van der Waals surface area (Å²) in [7, 11) is 4.30. The largest absolute Gasteiger partial charge is 0.493 e. The molecule has 3 N–H and O–H groups in total. The topological polar surface area (TPSA) is 80.9 Å². The van der Waals surface area contributed by atoms with Gasteiger partial charge < -0.3 is 30.2 Å². The molecule has 0 bridgehead atoms. The van der Waals surface area contributed by atoms with Gasteiger partial charge in [-0.3, -0.25) is 4.79 Å².